The minimum absolute atomic E-state index is 0.0704. The quantitative estimate of drug-likeness (QED) is 0.861. The molecule has 0 saturated carbocycles. The number of rotatable bonds is 4. The number of nitrogens with zero attached hydrogens (tertiary/aromatic N) is 1. The molecule has 0 saturated heterocycles. The second-order valence-electron chi connectivity index (χ2n) is 4.05. The Kier molecular flexibility index (Phi) is 4.88. The van der Waals surface area contributed by atoms with Gasteiger partial charge in [-0.3, -0.25) is 0 Å². The van der Waals surface area contributed by atoms with Crippen molar-refractivity contribution in [3.63, 3.8) is 0 Å². The van der Waals surface area contributed by atoms with Crippen molar-refractivity contribution in [2.75, 3.05) is 12.3 Å². The Morgan fingerprint density at radius 1 is 1.24 bits per heavy atom. The maximum atomic E-state index is 11.9. The number of halogens is 2. The molecule has 0 unspecified atom stereocenters. The van der Waals surface area contributed by atoms with Crippen molar-refractivity contribution < 1.29 is 14.3 Å². The molecule has 1 aromatic heterocycles. The second-order valence-corrected chi connectivity index (χ2v) is 4.92. The van der Waals surface area contributed by atoms with Gasteiger partial charge in [0.1, 0.15) is 11.3 Å². The van der Waals surface area contributed by atoms with E-state index in [4.69, 9.17) is 38.4 Å². The Morgan fingerprint density at radius 3 is 2.52 bits per heavy atom. The molecule has 2 N–H and O–H groups in total. The van der Waals surface area contributed by atoms with E-state index in [9.17, 15) is 4.79 Å². The fraction of sp³-hybridized carbons (Fsp3) is 0.143. The number of hydrogen-bond donors (Lipinski definition) is 1. The first-order chi connectivity index (χ1) is 9.99. The topological polar surface area (TPSA) is 74.4 Å². The second kappa shape index (κ2) is 6.65. The Morgan fingerprint density at radius 2 is 1.90 bits per heavy atom. The van der Waals surface area contributed by atoms with Crippen molar-refractivity contribution in [3.05, 3.63) is 46.1 Å². The van der Waals surface area contributed by atoms with E-state index in [2.05, 4.69) is 4.98 Å². The van der Waals surface area contributed by atoms with Crippen LogP contribution in [0.4, 0.5) is 5.69 Å². The molecular formula is C14H12Cl2N2O3. The number of benzene rings is 1. The highest BCUT2D eigenvalue weighted by atomic mass is 35.5. The predicted molar refractivity (Wildman–Crippen MR) is 81.1 cm³/mol. The molecule has 0 aliphatic rings. The maximum Gasteiger partial charge on any atom is 0.343 e. The number of carbonyl (C=O) groups excluding carboxylic acids is 1. The highest BCUT2D eigenvalue weighted by Crippen LogP contribution is 2.30. The van der Waals surface area contributed by atoms with Gasteiger partial charge >= 0.3 is 5.97 Å². The lowest BCUT2D eigenvalue weighted by molar-refractivity contribution is 0.0523. The molecule has 21 heavy (non-hydrogen) atoms. The number of anilines is 1. The number of nitrogen functional groups attached to an aromatic ring is 1. The number of aromatic nitrogens is 1. The number of pyridine rings is 1. The zero-order valence-corrected chi connectivity index (χ0v) is 12.6. The zero-order chi connectivity index (χ0) is 15.4. The predicted octanol–water partition coefficient (Wildman–Crippen LogP) is 3.94. The summed E-state index contributed by atoms with van der Waals surface area (Å²) in [6.45, 7) is 1.94. The Bertz CT molecular complexity index is 657. The molecule has 2 aromatic rings. The first-order valence-electron chi connectivity index (χ1n) is 6.06. The molecule has 0 radical (unpaired) electrons. The average Bonchev–Trinajstić information content (AvgIpc) is 2.40. The van der Waals surface area contributed by atoms with E-state index in [1.54, 1.807) is 25.1 Å². The fourth-order valence-corrected chi connectivity index (χ4v) is 2.11. The molecule has 1 aromatic carbocycles. The first-order valence-corrected chi connectivity index (χ1v) is 6.81. The number of hydrogen-bond acceptors (Lipinski definition) is 5. The maximum absolute atomic E-state index is 11.9. The molecule has 5 nitrogen and oxygen atoms in total. The van der Waals surface area contributed by atoms with Crippen molar-refractivity contribution in [2.24, 2.45) is 0 Å². The minimum Gasteiger partial charge on any atom is -0.462 e. The van der Waals surface area contributed by atoms with Crippen LogP contribution in [0.2, 0.25) is 10.0 Å². The van der Waals surface area contributed by atoms with Crippen LogP contribution < -0.4 is 10.5 Å². The van der Waals surface area contributed by atoms with Gasteiger partial charge < -0.3 is 15.2 Å². The van der Waals surface area contributed by atoms with Gasteiger partial charge in [0.15, 0.2) is 0 Å². The van der Waals surface area contributed by atoms with Gasteiger partial charge in [-0.25, -0.2) is 9.78 Å². The summed E-state index contributed by atoms with van der Waals surface area (Å²) in [7, 11) is 0. The smallest absolute Gasteiger partial charge is 0.343 e. The Labute approximate surface area is 131 Å². The molecule has 0 amide bonds. The third kappa shape index (κ3) is 4.00. The van der Waals surface area contributed by atoms with Crippen LogP contribution in [-0.2, 0) is 4.74 Å². The molecule has 0 spiro atoms. The molecule has 0 atom stereocenters. The van der Waals surface area contributed by atoms with Crippen LogP contribution in [0.25, 0.3) is 0 Å². The van der Waals surface area contributed by atoms with E-state index < -0.39 is 5.97 Å². The largest absolute Gasteiger partial charge is 0.462 e. The molecule has 0 fully saturated rings. The van der Waals surface area contributed by atoms with Gasteiger partial charge in [-0.2, -0.15) is 0 Å². The van der Waals surface area contributed by atoms with Crippen LogP contribution in [0.15, 0.2) is 30.5 Å². The molecule has 1 heterocycles. The molecule has 2 rings (SSSR count). The molecule has 0 aliphatic heterocycles. The zero-order valence-electron chi connectivity index (χ0n) is 11.1. The lowest BCUT2D eigenvalue weighted by atomic mass is 10.2. The summed E-state index contributed by atoms with van der Waals surface area (Å²) >= 11 is 11.8. The van der Waals surface area contributed by atoms with Crippen LogP contribution >= 0.6 is 23.2 Å². The third-order valence-electron chi connectivity index (χ3n) is 2.42. The van der Waals surface area contributed by atoms with Crippen LogP contribution in [-0.4, -0.2) is 17.6 Å². The number of carbonyl (C=O) groups is 1. The molecule has 7 heteroatoms. The summed E-state index contributed by atoms with van der Waals surface area (Å²) in [6, 6.07) is 6.12. The van der Waals surface area contributed by atoms with Gasteiger partial charge in [0.05, 0.1) is 18.5 Å². The molecule has 110 valence electrons. The van der Waals surface area contributed by atoms with Gasteiger partial charge in [-0.15, -0.1) is 0 Å². The van der Waals surface area contributed by atoms with Crippen LogP contribution in [0.5, 0.6) is 11.6 Å². The molecule has 0 bridgehead atoms. The lowest BCUT2D eigenvalue weighted by Crippen LogP contribution is -2.08. The van der Waals surface area contributed by atoms with E-state index in [1.807, 2.05) is 0 Å². The van der Waals surface area contributed by atoms with Gasteiger partial charge in [0, 0.05) is 10.0 Å². The monoisotopic (exact) mass is 326 g/mol. The number of esters is 1. The molecule has 0 aliphatic carbocycles. The first kappa shape index (κ1) is 15.4. The van der Waals surface area contributed by atoms with E-state index in [-0.39, 0.29) is 18.1 Å². The van der Waals surface area contributed by atoms with E-state index >= 15 is 0 Å². The van der Waals surface area contributed by atoms with Gasteiger partial charge in [0.25, 0.3) is 0 Å². The fourth-order valence-electron chi connectivity index (χ4n) is 1.60. The van der Waals surface area contributed by atoms with Crippen LogP contribution in [0, 0.1) is 0 Å². The van der Waals surface area contributed by atoms with E-state index in [0.717, 1.165) is 0 Å². The Hall–Kier alpha value is -1.98. The summed E-state index contributed by atoms with van der Waals surface area (Å²) in [4.78, 5) is 15.9. The summed E-state index contributed by atoms with van der Waals surface area (Å²) in [6.07, 6.45) is 1.38. The summed E-state index contributed by atoms with van der Waals surface area (Å²) in [5, 5.41) is 0.816. The van der Waals surface area contributed by atoms with Gasteiger partial charge in [-0.1, -0.05) is 23.2 Å². The van der Waals surface area contributed by atoms with E-state index in [1.165, 1.54) is 12.3 Å². The van der Waals surface area contributed by atoms with Crippen LogP contribution in [0.3, 0.4) is 0 Å². The SMILES string of the molecule is CCOC(=O)c1cc(N)cnc1Oc1cc(Cl)cc(Cl)c1. The summed E-state index contributed by atoms with van der Waals surface area (Å²) in [5.74, 6) is -0.142. The van der Waals surface area contributed by atoms with Crippen LogP contribution in [0.1, 0.15) is 17.3 Å². The van der Waals surface area contributed by atoms with Crippen molar-refractivity contribution in [2.45, 2.75) is 6.92 Å². The average molecular weight is 327 g/mol. The summed E-state index contributed by atoms with van der Waals surface area (Å²) < 4.78 is 10.5. The third-order valence-corrected chi connectivity index (χ3v) is 2.85. The normalized spacial score (nSPS) is 10.2. The number of nitrogens with two attached hydrogens (primary N) is 1. The van der Waals surface area contributed by atoms with Crippen molar-refractivity contribution >= 4 is 34.9 Å². The van der Waals surface area contributed by atoms with Crippen molar-refractivity contribution in [1.29, 1.82) is 0 Å². The summed E-state index contributed by atoms with van der Waals surface area (Å²) in [5.41, 5.74) is 6.10. The van der Waals surface area contributed by atoms with Gasteiger partial charge in [-0.05, 0) is 31.2 Å². The number of ether oxygens (including phenoxy) is 2. The van der Waals surface area contributed by atoms with Crippen molar-refractivity contribution in [3.8, 4) is 11.6 Å². The van der Waals surface area contributed by atoms with E-state index in [0.29, 0.717) is 21.5 Å². The lowest BCUT2D eigenvalue weighted by Gasteiger charge is -2.10. The van der Waals surface area contributed by atoms with Crippen molar-refractivity contribution in [1.82, 2.24) is 4.98 Å². The highest BCUT2D eigenvalue weighted by molar-refractivity contribution is 6.34. The standard InChI is InChI=1S/C14H12Cl2N2O3/c1-2-20-14(19)12-6-10(17)7-18-13(12)21-11-4-8(15)3-9(16)5-11/h3-7H,2,17H2,1H3. The van der Waals surface area contributed by atoms with Gasteiger partial charge in [0.2, 0.25) is 5.88 Å². The molecular weight excluding hydrogens is 315 g/mol. The highest BCUT2D eigenvalue weighted by Gasteiger charge is 2.17. The Balaban J connectivity index is 2.37. The minimum atomic E-state index is -0.569.